The zero-order chi connectivity index (χ0) is 18.1. The van der Waals surface area contributed by atoms with Crippen molar-refractivity contribution in [1.29, 1.82) is 0 Å². The van der Waals surface area contributed by atoms with Crippen molar-refractivity contribution in [1.82, 2.24) is 14.3 Å². The molecule has 4 rings (SSSR count). The van der Waals surface area contributed by atoms with E-state index in [0.29, 0.717) is 0 Å². The van der Waals surface area contributed by atoms with Crippen molar-refractivity contribution in [2.24, 2.45) is 0 Å². The number of rotatable bonds is 3. The van der Waals surface area contributed by atoms with Crippen LogP contribution in [0.1, 0.15) is 34.8 Å². The van der Waals surface area contributed by atoms with Crippen LogP contribution in [0.5, 0.6) is 0 Å². The van der Waals surface area contributed by atoms with Crippen LogP contribution in [0.4, 0.5) is 5.82 Å². The molecule has 1 amide bonds. The van der Waals surface area contributed by atoms with Crippen LogP contribution in [0.2, 0.25) is 0 Å². The first-order chi connectivity index (χ1) is 12.6. The van der Waals surface area contributed by atoms with Gasteiger partial charge >= 0.3 is 0 Å². The molecule has 5 heteroatoms. The van der Waals surface area contributed by atoms with Gasteiger partial charge in [0.05, 0.1) is 11.2 Å². The summed E-state index contributed by atoms with van der Waals surface area (Å²) in [7, 11) is 4.04. The van der Waals surface area contributed by atoms with Crippen molar-refractivity contribution < 1.29 is 4.79 Å². The smallest absolute Gasteiger partial charge is 0.253 e. The summed E-state index contributed by atoms with van der Waals surface area (Å²) in [6.07, 6.45) is 6.24. The number of carbonyl (C=O) groups excluding carboxylic acids is 1. The average Bonchev–Trinajstić information content (AvgIpc) is 3.16. The van der Waals surface area contributed by atoms with Gasteiger partial charge in [-0.25, -0.2) is 4.98 Å². The maximum absolute atomic E-state index is 12.8. The zero-order valence-electron chi connectivity index (χ0n) is 15.3. The monoisotopic (exact) mass is 348 g/mol. The van der Waals surface area contributed by atoms with E-state index in [1.807, 2.05) is 55.4 Å². The van der Waals surface area contributed by atoms with E-state index in [9.17, 15) is 4.79 Å². The largest absolute Gasteiger partial charge is 0.361 e. The summed E-state index contributed by atoms with van der Waals surface area (Å²) in [5.74, 6) is 1.35. The second-order valence-electron chi connectivity index (χ2n) is 7.14. The van der Waals surface area contributed by atoms with Crippen LogP contribution in [0.3, 0.4) is 0 Å². The summed E-state index contributed by atoms with van der Waals surface area (Å²) in [5, 5.41) is 0. The fraction of sp³-hybridized carbons (Fsp3) is 0.333. The highest BCUT2D eigenvalue weighted by molar-refractivity contribution is 5.94. The van der Waals surface area contributed by atoms with Gasteiger partial charge in [-0.3, -0.25) is 4.79 Å². The van der Waals surface area contributed by atoms with Gasteiger partial charge in [0.25, 0.3) is 5.91 Å². The molecule has 0 aliphatic carbocycles. The van der Waals surface area contributed by atoms with E-state index in [1.54, 1.807) is 0 Å². The van der Waals surface area contributed by atoms with Crippen molar-refractivity contribution in [2.45, 2.75) is 18.8 Å². The molecule has 1 saturated heterocycles. The minimum absolute atomic E-state index is 0.116. The third-order valence-corrected chi connectivity index (χ3v) is 5.09. The molecule has 0 saturated carbocycles. The maximum atomic E-state index is 12.8. The van der Waals surface area contributed by atoms with Gasteiger partial charge in [-0.15, -0.1) is 0 Å². The molecule has 1 atom stereocenters. The van der Waals surface area contributed by atoms with Crippen LogP contribution in [0, 0.1) is 0 Å². The summed E-state index contributed by atoms with van der Waals surface area (Å²) in [5.41, 5.74) is 2.92. The summed E-state index contributed by atoms with van der Waals surface area (Å²) in [6, 6.07) is 13.7. The lowest BCUT2D eigenvalue weighted by molar-refractivity contribution is 0.0706. The lowest BCUT2D eigenvalue weighted by atomic mass is 9.94. The minimum Gasteiger partial charge on any atom is -0.361 e. The number of hydrogen-bond acceptors (Lipinski definition) is 3. The van der Waals surface area contributed by atoms with Crippen molar-refractivity contribution >= 4 is 17.2 Å². The molecule has 1 fully saturated rings. The highest BCUT2D eigenvalue weighted by Crippen LogP contribution is 2.29. The molecule has 0 unspecified atom stereocenters. The van der Waals surface area contributed by atoms with Crippen LogP contribution < -0.4 is 4.90 Å². The standard InChI is InChI=1S/C21H24N4O/c1-23(2)20-19-11-7-12-24(19)15-18(22-20)17-10-6-13-25(14-17)21(26)16-8-4-3-5-9-16/h3-5,7-9,11-12,15,17H,6,10,13-14H2,1-2H3/t17-/m1/s1. The Hall–Kier alpha value is -2.82. The molecule has 26 heavy (non-hydrogen) atoms. The molecule has 2 aromatic heterocycles. The van der Waals surface area contributed by atoms with Crippen LogP contribution in [0.25, 0.3) is 5.52 Å². The number of piperidine rings is 1. The number of aromatic nitrogens is 2. The van der Waals surface area contributed by atoms with Gasteiger partial charge in [0, 0.05) is 51.1 Å². The van der Waals surface area contributed by atoms with Gasteiger partial charge in [0.15, 0.2) is 5.82 Å². The molecule has 3 aromatic rings. The normalized spacial score (nSPS) is 17.5. The van der Waals surface area contributed by atoms with E-state index in [-0.39, 0.29) is 11.8 Å². The number of nitrogens with zero attached hydrogens (tertiary/aromatic N) is 4. The molecule has 0 bridgehead atoms. The molecule has 3 heterocycles. The predicted octanol–water partition coefficient (Wildman–Crippen LogP) is 3.42. The van der Waals surface area contributed by atoms with E-state index < -0.39 is 0 Å². The summed E-state index contributed by atoms with van der Waals surface area (Å²) in [4.78, 5) is 21.8. The number of carbonyl (C=O) groups is 1. The average molecular weight is 348 g/mol. The molecule has 134 valence electrons. The van der Waals surface area contributed by atoms with E-state index in [4.69, 9.17) is 4.98 Å². The first kappa shape index (κ1) is 16.6. The van der Waals surface area contributed by atoms with Gasteiger partial charge in [-0.1, -0.05) is 18.2 Å². The van der Waals surface area contributed by atoms with E-state index in [2.05, 4.69) is 27.8 Å². The lowest BCUT2D eigenvalue weighted by Crippen LogP contribution is -2.39. The van der Waals surface area contributed by atoms with E-state index in [0.717, 1.165) is 48.5 Å². The molecule has 0 radical (unpaired) electrons. The molecule has 0 N–H and O–H groups in total. The third kappa shape index (κ3) is 3.05. The Kier molecular flexibility index (Phi) is 4.37. The van der Waals surface area contributed by atoms with Crippen molar-refractivity contribution in [2.75, 3.05) is 32.1 Å². The number of amides is 1. The Bertz CT molecular complexity index is 916. The number of hydrogen-bond donors (Lipinski definition) is 0. The second kappa shape index (κ2) is 6.83. The molecule has 0 spiro atoms. The number of benzene rings is 1. The molecule has 1 aromatic carbocycles. The van der Waals surface area contributed by atoms with Gasteiger partial charge in [-0.05, 0) is 37.1 Å². The lowest BCUT2D eigenvalue weighted by Gasteiger charge is -2.33. The summed E-state index contributed by atoms with van der Waals surface area (Å²) in [6.45, 7) is 1.54. The second-order valence-corrected chi connectivity index (χ2v) is 7.14. The van der Waals surface area contributed by atoms with Gasteiger partial charge < -0.3 is 14.2 Å². The first-order valence-electron chi connectivity index (χ1n) is 9.13. The maximum Gasteiger partial charge on any atom is 0.253 e. The Morgan fingerprint density at radius 1 is 1.15 bits per heavy atom. The van der Waals surface area contributed by atoms with Crippen LogP contribution in [0.15, 0.2) is 54.9 Å². The zero-order valence-corrected chi connectivity index (χ0v) is 15.3. The fourth-order valence-electron chi connectivity index (χ4n) is 3.74. The van der Waals surface area contributed by atoms with Gasteiger partial charge in [-0.2, -0.15) is 0 Å². The molecule has 5 nitrogen and oxygen atoms in total. The van der Waals surface area contributed by atoms with Crippen molar-refractivity contribution in [3.63, 3.8) is 0 Å². The summed E-state index contributed by atoms with van der Waals surface area (Å²) >= 11 is 0. The third-order valence-electron chi connectivity index (χ3n) is 5.09. The SMILES string of the molecule is CN(C)c1nc([C@@H]2CCCN(C(=O)c3ccccc3)C2)cn2cccc12. The predicted molar refractivity (Wildman–Crippen MR) is 104 cm³/mol. The van der Waals surface area contributed by atoms with Crippen LogP contribution in [-0.2, 0) is 0 Å². The fourth-order valence-corrected chi connectivity index (χ4v) is 3.74. The highest BCUT2D eigenvalue weighted by Gasteiger charge is 2.27. The van der Waals surface area contributed by atoms with Crippen molar-refractivity contribution in [3.05, 3.63) is 66.1 Å². The van der Waals surface area contributed by atoms with Crippen LogP contribution in [-0.4, -0.2) is 47.4 Å². The Labute approximate surface area is 153 Å². The highest BCUT2D eigenvalue weighted by atomic mass is 16.2. The minimum atomic E-state index is 0.116. The quantitative estimate of drug-likeness (QED) is 0.728. The number of fused-ring (bicyclic) bond motifs is 1. The Morgan fingerprint density at radius 3 is 2.73 bits per heavy atom. The molecular formula is C21H24N4O. The van der Waals surface area contributed by atoms with Crippen LogP contribution >= 0.6 is 0 Å². The van der Waals surface area contributed by atoms with Gasteiger partial charge in [0.1, 0.15) is 0 Å². The van der Waals surface area contributed by atoms with E-state index >= 15 is 0 Å². The van der Waals surface area contributed by atoms with E-state index in [1.165, 1.54) is 0 Å². The van der Waals surface area contributed by atoms with Gasteiger partial charge in [0.2, 0.25) is 0 Å². The summed E-state index contributed by atoms with van der Waals surface area (Å²) < 4.78 is 2.13. The van der Waals surface area contributed by atoms with Crippen molar-refractivity contribution in [3.8, 4) is 0 Å². The number of anilines is 1. The Balaban J connectivity index is 1.62. The molecule has 1 aliphatic heterocycles. The number of likely N-dealkylation sites (tertiary alicyclic amines) is 1. The first-order valence-corrected chi connectivity index (χ1v) is 9.13. The Morgan fingerprint density at radius 2 is 1.96 bits per heavy atom. The molecule has 1 aliphatic rings. The molecular weight excluding hydrogens is 324 g/mol. The topological polar surface area (TPSA) is 40.9 Å².